The lowest BCUT2D eigenvalue weighted by Crippen LogP contribution is -2.38. The van der Waals surface area contributed by atoms with Crippen molar-refractivity contribution in [3.63, 3.8) is 0 Å². The first-order valence-corrected chi connectivity index (χ1v) is 7.99. The molecule has 0 bridgehead atoms. The topological polar surface area (TPSA) is 23.5 Å². The first-order chi connectivity index (χ1) is 9.65. The minimum Gasteiger partial charge on any atom is -0.396 e. The Hall–Kier alpha value is -0.860. The van der Waals surface area contributed by atoms with Crippen molar-refractivity contribution in [2.24, 2.45) is 5.41 Å². The molecule has 0 saturated heterocycles. The maximum atomic E-state index is 9.91. The molecular formula is C18H29NO. The normalized spacial score (nSPS) is 19.0. The van der Waals surface area contributed by atoms with Crippen LogP contribution in [-0.4, -0.2) is 30.2 Å². The minimum atomic E-state index is 0.133. The van der Waals surface area contributed by atoms with Gasteiger partial charge < -0.3 is 10.0 Å². The van der Waals surface area contributed by atoms with Crippen molar-refractivity contribution in [3.8, 4) is 0 Å². The molecule has 0 amide bonds. The number of aliphatic hydroxyl groups is 1. The number of hydrogen-bond acceptors (Lipinski definition) is 2. The Morgan fingerprint density at radius 2 is 1.75 bits per heavy atom. The number of aryl methyl sites for hydroxylation is 1. The molecule has 0 radical (unpaired) electrons. The van der Waals surface area contributed by atoms with Gasteiger partial charge in [-0.15, -0.1) is 0 Å². The first kappa shape index (κ1) is 15.5. The van der Waals surface area contributed by atoms with Crippen LogP contribution in [0.2, 0.25) is 0 Å². The number of aliphatic hydroxyl groups excluding tert-OH is 1. The molecule has 0 spiro atoms. The highest BCUT2D eigenvalue weighted by atomic mass is 16.3. The average Bonchev–Trinajstić information content (AvgIpc) is 2.67. The SMILES string of the molecule is Cc1ccccc1CN(C)CC1(CO)CCCCCC1. The van der Waals surface area contributed by atoms with Crippen molar-refractivity contribution in [2.45, 2.75) is 52.0 Å². The Balaban J connectivity index is 1.98. The van der Waals surface area contributed by atoms with E-state index in [9.17, 15) is 5.11 Å². The van der Waals surface area contributed by atoms with E-state index in [0.717, 1.165) is 13.1 Å². The summed E-state index contributed by atoms with van der Waals surface area (Å²) in [6, 6.07) is 8.60. The van der Waals surface area contributed by atoms with Gasteiger partial charge in [0.15, 0.2) is 0 Å². The molecule has 1 aromatic rings. The van der Waals surface area contributed by atoms with Gasteiger partial charge in [0.25, 0.3) is 0 Å². The molecule has 1 aliphatic rings. The molecule has 1 fully saturated rings. The van der Waals surface area contributed by atoms with Crippen LogP contribution in [0, 0.1) is 12.3 Å². The van der Waals surface area contributed by atoms with Crippen molar-refractivity contribution >= 4 is 0 Å². The van der Waals surface area contributed by atoms with E-state index in [1.165, 1.54) is 49.7 Å². The van der Waals surface area contributed by atoms with Gasteiger partial charge in [-0.25, -0.2) is 0 Å². The van der Waals surface area contributed by atoms with E-state index in [2.05, 4.69) is 43.1 Å². The van der Waals surface area contributed by atoms with Crippen LogP contribution in [0.4, 0.5) is 0 Å². The highest BCUT2D eigenvalue weighted by Crippen LogP contribution is 2.35. The maximum absolute atomic E-state index is 9.91. The average molecular weight is 275 g/mol. The number of hydrogen-bond donors (Lipinski definition) is 1. The van der Waals surface area contributed by atoms with Crippen molar-refractivity contribution in [1.29, 1.82) is 0 Å². The summed E-state index contributed by atoms with van der Waals surface area (Å²) >= 11 is 0. The summed E-state index contributed by atoms with van der Waals surface area (Å²) in [6.45, 7) is 4.51. The molecule has 1 aromatic carbocycles. The van der Waals surface area contributed by atoms with E-state index in [0.29, 0.717) is 6.61 Å². The number of benzene rings is 1. The molecule has 2 heteroatoms. The van der Waals surface area contributed by atoms with Gasteiger partial charge in [-0.05, 0) is 37.9 Å². The van der Waals surface area contributed by atoms with Gasteiger partial charge >= 0.3 is 0 Å². The molecule has 0 heterocycles. The molecule has 0 aliphatic heterocycles. The van der Waals surface area contributed by atoms with Crippen LogP contribution in [0.5, 0.6) is 0 Å². The molecule has 1 saturated carbocycles. The monoisotopic (exact) mass is 275 g/mol. The third-order valence-corrected chi connectivity index (χ3v) is 4.81. The lowest BCUT2D eigenvalue weighted by atomic mass is 9.80. The summed E-state index contributed by atoms with van der Waals surface area (Å²) in [5.41, 5.74) is 2.89. The zero-order valence-electron chi connectivity index (χ0n) is 13.1. The Morgan fingerprint density at radius 3 is 2.35 bits per heavy atom. The third kappa shape index (κ3) is 4.07. The van der Waals surface area contributed by atoms with Crippen LogP contribution in [-0.2, 0) is 6.54 Å². The summed E-state index contributed by atoms with van der Waals surface area (Å²) in [7, 11) is 2.19. The fourth-order valence-electron chi connectivity index (χ4n) is 3.55. The highest BCUT2D eigenvalue weighted by Gasteiger charge is 2.31. The first-order valence-electron chi connectivity index (χ1n) is 7.99. The van der Waals surface area contributed by atoms with Crippen LogP contribution in [0.25, 0.3) is 0 Å². The summed E-state index contributed by atoms with van der Waals surface area (Å²) < 4.78 is 0. The van der Waals surface area contributed by atoms with Crippen LogP contribution in [0.1, 0.15) is 49.7 Å². The predicted molar refractivity (Wildman–Crippen MR) is 84.7 cm³/mol. The Bertz CT molecular complexity index is 408. The van der Waals surface area contributed by atoms with Crippen LogP contribution >= 0.6 is 0 Å². The van der Waals surface area contributed by atoms with Crippen molar-refractivity contribution in [1.82, 2.24) is 4.90 Å². The summed E-state index contributed by atoms with van der Waals surface area (Å²) in [6.07, 6.45) is 7.59. The van der Waals surface area contributed by atoms with Crippen molar-refractivity contribution < 1.29 is 5.11 Å². The second-order valence-corrected chi connectivity index (χ2v) is 6.67. The van der Waals surface area contributed by atoms with Crippen molar-refractivity contribution in [2.75, 3.05) is 20.2 Å². The fraction of sp³-hybridized carbons (Fsp3) is 0.667. The standard InChI is InChI=1S/C18H29NO/c1-16-9-5-6-10-17(16)13-19(2)14-18(15-20)11-7-3-4-8-12-18/h5-6,9-10,20H,3-4,7-8,11-15H2,1-2H3. The van der Waals surface area contributed by atoms with E-state index in [-0.39, 0.29) is 5.41 Å². The van der Waals surface area contributed by atoms with Crippen LogP contribution in [0.3, 0.4) is 0 Å². The zero-order chi connectivity index (χ0) is 14.4. The molecule has 2 rings (SSSR count). The molecular weight excluding hydrogens is 246 g/mol. The lowest BCUT2D eigenvalue weighted by molar-refractivity contribution is 0.0663. The Labute approximate surface area is 123 Å². The molecule has 20 heavy (non-hydrogen) atoms. The van der Waals surface area contributed by atoms with Gasteiger partial charge in [0.05, 0.1) is 0 Å². The maximum Gasteiger partial charge on any atom is 0.0499 e. The Morgan fingerprint density at radius 1 is 1.10 bits per heavy atom. The predicted octanol–water partition coefficient (Wildman–Crippen LogP) is 3.76. The summed E-state index contributed by atoms with van der Waals surface area (Å²) in [5, 5.41) is 9.91. The van der Waals surface area contributed by atoms with Gasteiger partial charge in [0, 0.05) is 25.1 Å². The second-order valence-electron chi connectivity index (χ2n) is 6.67. The summed E-state index contributed by atoms with van der Waals surface area (Å²) in [4.78, 5) is 2.39. The van der Waals surface area contributed by atoms with Gasteiger partial charge in [-0.1, -0.05) is 49.9 Å². The number of rotatable bonds is 5. The third-order valence-electron chi connectivity index (χ3n) is 4.81. The summed E-state index contributed by atoms with van der Waals surface area (Å²) in [5.74, 6) is 0. The fourth-order valence-corrected chi connectivity index (χ4v) is 3.55. The van der Waals surface area contributed by atoms with Crippen LogP contribution < -0.4 is 0 Å². The lowest BCUT2D eigenvalue weighted by Gasteiger charge is -2.35. The quantitative estimate of drug-likeness (QED) is 0.827. The van der Waals surface area contributed by atoms with E-state index in [1.807, 2.05) is 0 Å². The van der Waals surface area contributed by atoms with E-state index in [1.54, 1.807) is 0 Å². The molecule has 1 N–H and O–H groups in total. The molecule has 2 nitrogen and oxygen atoms in total. The van der Waals surface area contributed by atoms with E-state index in [4.69, 9.17) is 0 Å². The van der Waals surface area contributed by atoms with Crippen molar-refractivity contribution in [3.05, 3.63) is 35.4 Å². The van der Waals surface area contributed by atoms with E-state index < -0.39 is 0 Å². The van der Waals surface area contributed by atoms with Gasteiger partial charge in [0.1, 0.15) is 0 Å². The second kappa shape index (κ2) is 7.24. The van der Waals surface area contributed by atoms with Gasteiger partial charge in [0.2, 0.25) is 0 Å². The van der Waals surface area contributed by atoms with Crippen LogP contribution in [0.15, 0.2) is 24.3 Å². The molecule has 0 aromatic heterocycles. The molecule has 0 unspecified atom stereocenters. The largest absolute Gasteiger partial charge is 0.396 e. The Kier molecular flexibility index (Phi) is 5.62. The highest BCUT2D eigenvalue weighted by molar-refractivity contribution is 5.25. The minimum absolute atomic E-state index is 0.133. The smallest absolute Gasteiger partial charge is 0.0499 e. The number of nitrogens with zero attached hydrogens (tertiary/aromatic N) is 1. The zero-order valence-corrected chi connectivity index (χ0v) is 13.1. The molecule has 0 atom stereocenters. The molecule has 1 aliphatic carbocycles. The molecule has 112 valence electrons. The van der Waals surface area contributed by atoms with Gasteiger partial charge in [-0.2, -0.15) is 0 Å². The van der Waals surface area contributed by atoms with Gasteiger partial charge in [-0.3, -0.25) is 0 Å². The van der Waals surface area contributed by atoms with E-state index >= 15 is 0 Å².